The number of hydrogen-bond acceptors (Lipinski definition) is 0. The van der Waals surface area contributed by atoms with Crippen molar-refractivity contribution in [2.75, 3.05) is 0 Å². The van der Waals surface area contributed by atoms with E-state index in [9.17, 15) is 0 Å². The van der Waals surface area contributed by atoms with E-state index in [1.54, 1.807) is 0 Å². The molecule has 8 rings (SSSR count). The molecule has 8 aromatic rings. The lowest BCUT2D eigenvalue weighted by molar-refractivity contribution is 1.64. The highest BCUT2D eigenvalue weighted by Gasteiger charge is 2.18. The van der Waals surface area contributed by atoms with Gasteiger partial charge in [0, 0.05) is 0 Å². The van der Waals surface area contributed by atoms with E-state index in [1.807, 2.05) is 0 Å². The molecule has 0 saturated carbocycles. The second-order valence-electron chi connectivity index (χ2n) is 10.5. The van der Waals surface area contributed by atoms with Crippen molar-refractivity contribution in [1.29, 1.82) is 0 Å². The van der Waals surface area contributed by atoms with Crippen LogP contribution in [0.2, 0.25) is 0 Å². The minimum atomic E-state index is 1.24. The largest absolute Gasteiger partial charge is 0.0622 e. The van der Waals surface area contributed by atoms with Crippen LogP contribution in [0, 0.1) is 0 Å². The SMILES string of the molecule is c1ccc(-c2cc(-c3c4ccccc4c(-c4ccc5ccccc5c4)c4ccccc34)cc3ccccc23)cc1. The molecule has 40 heavy (non-hydrogen) atoms. The summed E-state index contributed by atoms with van der Waals surface area (Å²) < 4.78 is 0. The third-order valence-electron chi connectivity index (χ3n) is 8.20. The molecule has 0 aromatic heterocycles. The quantitative estimate of drug-likeness (QED) is 0.209. The Kier molecular flexibility index (Phi) is 5.24. The van der Waals surface area contributed by atoms with Gasteiger partial charge in [0.05, 0.1) is 0 Å². The predicted octanol–water partition coefficient (Wildman–Crippen LogP) is 11.3. The van der Waals surface area contributed by atoms with Gasteiger partial charge in [-0.25, -0.2) is 0 Å². The molecule has 0 aliphatic heterocycles. The molecule has 0 saturated heterocycles. The minimum absolute atomic E-state index is 1.24. The van der Waals surface area contributed by atoms with Crippen molar-refractivity contribution in [1.82, 2.24) is 0 Å². The van der Waals surface area contributed by atoms with E-state index in [-0.39, 0.29) is 0 Å². The summed E-state index contributed by atoms with van der Waals surface area (Å²) in [7, 11) is 0. The first kappa shape index (κ1) is 22.8. The van der Waals surface area contributed by atoms with E-state index >= 15 is 0 Å². The van der Waals surface area contributed by atoms with Crippen molar-refractivity contribution in [3.8, 4) is 33.4 Å². The van der Waals surface area contributed by atoms with Crippen LogP contribution in [0.4, 0.5) is 0 Å². The summed E-state index contributed by atoms with van der Waals surface area (Å²) in [6.07, 6.45) is 0. The van der Waals surface area contributed by atoms with Crippen LogP contribution in [0.15, 0.2) is 158 Å². The molecule has 0 N–H and O–H groups in total. The van der Waals surface area contributed by atoms with E-state index < -0.39 is 0 Å². The van der Waals surface area contributed by atoms with Crippen LogP contribution in [-0.4, -0.2) is 0 Å². The Bertz CT molecular complexity index is 2150. The molecular formula is C40H26. The Morgan fingerprint density at radius 2 is 0.725 bits per heavy atom. The zero-order valence-electron chi connectivity index (χ0n) is 22.0. The molecule has 0 radical (unpaired) electrons. The topological polar surface area (TPSA) is 0 Å². The normalized spacial score (nSPS) is 11.5. The van der Waals surface area contributed by atoms with Crippen molar-refractivity contribution in [3.05, 3.63) is 158 Å². The van der Waals surface area contributed by atoms with Gasteiger partial charge < -0.3 is 0 Å². The van der Waals surface area contributed by atoms with Gasteiger partial charge in [-0.05, 0) is 94.7 Å². The van der Waals surface area contributed by atoms with Crippen LogP contribution in [0.25, 0.3) is 76.5 Å². The fourth-order valence-electron chi connectivity index (χ4n) is 6.41. The summed E-state index contributed by atoms with van der Waals surface area (Å²) in [5.74, 6) is 0. The van der Waals surface area contributed by atoms with Crippen molar-refractivity contribution in [3.63, 3.8) is 0 Å². The minimum Gasteiger partial charge on any atom is -0.0622 e. The molecule has 0 heteroatoms. The second kappa shape index (κ2) is 9.22. The first-order chi connectivity index (χ1) is 19.8. The molecule has 0 amide bonds. The first-order valence-electron chi connectivity index (χ1n) is 13.9. The summed E-state index contributed by atoms with van der Waals surface area (Å²) in [6.45, 7) is 0. The molecule has 0 heterocycles. The van der Waals surface area contributed by atoms with E-state index in [4.69, 9.17) is 0 Å². The van der Waals surface area contributed by atoms with Gasteiger partial charge in [0.1, 0.15) is 0 Å². The van der Waals surface area contributed by atoms with Crippen molar-refractivity contribution < 1.29 is 0 Å². The third-order valence-corrected chi connectivity index (χ3v) is 8.20. The molecule has 0 nitrogen and oxygen atoms in total. The third kappa shape index (κ3) is 3.61. The highest BCUT2D eigenvalue weighted by atomic mass is 14.2. The van der Waals surface area contributed by atoms with Crippen molar-refractivity contribution in [2.45, 2.75) is 0 Å². The van der Waals surface area contributed by atoms with Gasteiger partial charge in [-0.3, -0.25) is 0 Å². The van der Waals surface area contributed by atoms with E-state index in [2.05, 4.69) is 158 Å². The molecule has 0 fully saturated rings. The summed E-state index contributed by atoms with van der Waals surface area (Å²) >= 11 is 0. The molecular weight excluding hydrogens is 480 g/mol. The van der Waals surface area contributed by atoms with Gasteiger partial charge in [0.2, 0.25) is 0 Å². The molecule has 0 aliphatic rings. The molecule has 186 valence electrons. The Morgan fingerprint density at radius 1 is 0.250 bits per heavy atom. The van der Waals surface area contributed by atoms with Gasteiger partial charge >= 0.3 is 0 Å². The maximum absolute atomic E-state index is 2.39. The fraction of sp³-hybridized carbons (Fsp3) is 0. The Hall–Kier alpha value is -5.20. The number of rotatable bonds is 3. The number of hydrogen-bond donors (Lipinski definition) is 0. The van der Waals surface area contributed by atoms with Crippen LogP contribution in [0.1, 0.15) is 0 Å². The maximum atomic E-state index is 2.39. The lowest BCUT2D eigenvalue weighted by atomic mass is 9.84. The zero-order valence-corrected chi connectivity index (χ0v) is 22.0. The molecule has 0 unspecified atom stereocenters. The van der Waals surface area contributed by atoms with Gasteiger partial charge in [-0.1, -0.05) is 140 Å². The fourth-order valence-corrected chi connectivity index (χ4v) is 6.41. The summed E-state index contributed by atoms with van der Waals surface area (Å²) in [4.78, 5) is 0. The van der Waals surface area contributed by atoms with Crippen LogP contribution >= 0.6 is 0 Å². The number of fused-ring (bicyclic) bond motifs is 4. The molecule has 0 spiro atoms. The predicted molar refractivity (Wildman–Crippen MR) is 173 cm³/mol. The molecule has 0 bridgehead atoms. The Labute approximate surface area is 233 Å². The smallest absolute Gasteiger partial charge is 0.00259 e. The molecule has 0 atom stereocenters. The van der Waals surface area contributed by atoms with Crippen LogP contribution in [-0.2, 0) is 0 Å². The van der Waals surface area contributed by atoms with Crippen LogP contribution in [0.3, 0.4) is 0 Å². The standard InChI is InChI=1S/C40H26/c1-2-13-28(14-3-1)38-26-32(25-30-16-6-7-17-33(30)38)40-36-20-10-8-18-34(36)39(35-19-9-11-21-37(35)40)31-23-22-27-12-4-5-15-29(27)24-31/h1-26H. The van der Waals surface area contributed by atoms with Gasteiger partial charge in [0.15, 0.2) is 0 Å². The van der Waals surface area contributed by atoms with Gasteiger partial charge in [-0.15, -0.1) is 0 Å². The lowest BCUT2D eigenvalue weighted by Crippen LogP contribution is -1.92. The monoisotopic (exact) mass is 506 g/mol. The lowest BCUT2D eigenvalue weighted by Gasteiger charge is -2.19. The van der Waals surface area contributed by atoms with Gasteiger partial charge in [-0.2, -0.15) is 0 Å². The highest BCUT2D eigenvalue weighted by molar-refractivity contribution is 6.22. The Balaban J connectivity index is 1.49. The average Bonchev–Trinajstić information content (AvgIpc) is 3.03. The van der Waals surface area contributed by atoms with E-state index in [1.165, 1.54) is 76.5 Å². The van der Waals surface area contributed by atoms with E-state index in [0.29, 0.717) is 0 Å². The first-order valence-corrected chi connectivity index (χ1v) is 13.9. The zero-order chi connectivity index (χ0) is 26.5. The number of benzene rings is 8. The summed E-state index contributed by atoms with van der Waals surface area (Å²) in [6, 6.07) is 57.6. The molecule has 0 aliphatic carbocycles. The average molecular weight is 507 g/mol. The summed E-state index contributed by atoms with van der Waals surface area (Å²) in [5, 5.41) is 10.2. The van der Waals surface area contributed by atoms with Crippen LogP contribution < -0.4 is 0 Å². The second-order valence-corrected chi connectivity index (χ2v) is 10.5. The maximum Gasteiger partial charge on any atom is -0.00259 e. The van der Waals surface area contributed by atoms with Crippen LogP contribution in [0.5, 0.6) is 0 Å². The molecule has 8 aromatic carbocycles. The van der Waals surface area contributed by atoms with Crippen molar-refractivity contribution >= 4 is 43.1 Å². The van der Waals surface area contributed by atoms with Crippen molar-refractivity contribution in [2.24, 2.45) is 0 Å². The Morgan fingerprint density at radius 3 is 1.38 bits per heavy atom. The highest BCUT2D eigenvalue weighted by Crippen LogP contribution is 2.45. The van der Waals surface area contributed by atoms with E-state index in [0.717, 1.165) is 0 Å². The summed E-state index contributed by atoms with van der Waals surface area (Å²) in [5.41, 5.74) is 7.59. The van der Waals surface area contributed by atoms with Gasteiger partial charge in [0.25, 0.3) is 0 Å².